The first kappa shape index (κ1) is 29.4. The average Bonchev–Trinajstić information content (AvgIpc) is 3.28. The van der Waals surface area contributed by atoms with E-state index in [0.717, 1.165) is 35.5 Å². The Balaban J connectivity index is 0.000000204. The van der Waals surface area contributed by atoms with Gasteiger partial charge in [0.05, 0.1) is 0 Å². The summed E-state index contributed by atoms with van der Waals surface area (Å²) in [4.78, 5) is 0. The Bertz CT molecular complexity index is 664. The van der Waals surface area contributed by atoms with Crippen LogP contribution >= 0.6 is 0 Å². The van der Waals surface area contributed by atoms with Gasteiger partial charge in [-0.05, 0) is 124 Å². The van der Waals surface area contributed by atoms with E-state index in [0.29, 0.717) is 5.41 Å². The largest absolute Gasteiger partial charge is 0.344 e. The quantitative estimate of drug-likeness (QED) is 0.399. The Morgan fingerprint density at radius 1 is 0.941 bits per heavy atom. The monoisotopic (exact) mass is 469 g/mol. The summed E-state index contributed by atoms with van der Waals surface area (Å²) < 4.78 is 0. The van der Waals surface area contributed by atoms with Crippen LogP contribution in [0.5, 0.6) is 0 Å². The summed E-state index contributed by atoms with van der Waals surface area (Å²) in [7, 11) is 0. The zero-order valence-corrected chi connectivity index (χ0v) is 23.7. The average molecular weight is 470 g/mol. The molecule has 0 bridgehead atoms. The number of hydrogen-bond donors (Lipinski definition) is 1. The van der Waals surface area contributed by atoms with Crippen LogP contribution in [0.1, 0.15) is 131 Å². The van der Waals surface area contributed by atoms with E-state index in [9.17, 15) is 0 Å². The van der Waals surface area contributed by atoms with Crippen LogP contribution in [-0.4, -0.2) is 0 Å². The van der Waals surface area contributed by atoms with E-state index < -0.39 is 0 Å². The molecule has 5 aliphatic rings. The van der Waals surface area contributed by atoms with Crippen LogP contribution in [0.3, 0.4) is 0 Å². The third kappa shape index (κ3) is 7.84. The highest BCUT2D eigenvalue weighted by Gasteiger charge is 2.61. The maximum absolute atomic E-state index is 4.50. The van der Waals surface area contributed by atoms with Crippen molar-refractivity contribution in [2.75, 3.05) is 0 Å². The fraction of sp³-hybridized carbons (Fsp3) is 0.818. The van der Waals surface area contributed by atoms with Crippen LogP contribution in [0.25, 0.3) is 0 Å². The second-order valence-electron chi connectivity index (χ2n) is 12.6. The van der Waals surface area contributed by atoms with E-state index in [1.54, 1.807) is 11.1 Å². The number of rotatable bonds is 5. The van der Waals surface area contributed by atoms with Crippen LogP contribution in [0.4, 0.5) is 0 Å². The highest BCUT2D eigenvalue weighted by Crippen LogP contribution is 2.70. The first-order chi connectivity index (χ1) is 15.9. The minimum absolute atomic E-state index is 0. The molecule has 0 aromatic heterocycles. The van der Waals surface area contributed by atoms with Gasteiger partial charge >= 0.3 is 0 Å². The van der Waals surface area contributed by atoms with Gasteiger partial charge in [-0.2, -0.15) is 0 Å². The molecule has 34 heavy (non-hydrogen) atoms. The van der Waals surface area contributed by atoms with Crippen molar-refractivity contribution in [2.45, 2.75) is 131 Å². The van der Waals surface area contributed by atoms with Gasteiger partial charge in [0.15, 0.2) is 0 Å². The van der Waals surface area contributed by atoms with E-state index in [4.69, 9.17) is 0 Å². The normalized spacial score (nSPS) is 37.7. The van der Waals surface area contributed by atoms with Crippen LogP contribution < -0.4 is 6.15 Å². The molecule has 0 amide bonds. The Morgan fingerprint density at radius 2 is 1.62 bits per heavy atom. The van der Waals surface area contributed by atoms with Gasteiger partial charge in [0.2, 0.25) is 0 Å². The molecule has 1 heteroatoms. The van der Waals surface area contributed by atoms with E-state index in [2.05, 4.69) is 59.4 Å². The highest BCUT2D eigenvalue weighted by atomic mass is 14.6. The summed E-state index contributed by atoms with van der Waals surface area (Å²) in [5, 5.41) is 0. The van der Waals surface area contributed by atoms with Crippen LogP contribution in [0.15, 0.2) is 36.0 Å². The lowest BCUT2D eigenvalue weighted by Gasteiger charge is -2.23. The fourth-order valence-electron chi connectivity index (χ4n) is 7.27. The second-order valence-corrected chi connectivity index (χ2v) is 12.6. The first-order valence-electron chi connectivity index (χ1n) is 14.9. The van der Waals surface area contributed by atoms with Gasteiger partial charge in [0.1, 0.15) is 0 Å². The molecule has 0 heterocycles. The standard InChI is InChI=1S/C17H28.C10H18.C6H10.H3N/c1-4-14-5-6-15(10-14)9-13(3)17-8-7-12(2)16(17)11-17;1-4-10-6-5-8(2)9(3)7-10;1-2-4-6-5-3-1;/h12,14-16H,3-11H2,1-2H3;7-9H,4-6H2,1-3H3;1-2H,3-6H2;1H3. The zero-order chi connectivity index (χ0) is 23.8. The Morgan fingerprint density at radius 3 is 2.06 bits per heavy atom. The lowest BCUT2D eigenvalue weighted by Crippen LogP contribution is -2.11. The molecule has 5 aliphatic carbocycles. The predicted molar refractivity (Wildman–Crippen MR) is 152 cm³/mol. The van der Waals surface area contributed by atoms with Crippen LogP contribution in [0, 0.1) is 40.9 Å². The van der Waals surface area contributed by atoms with Gasteiger partial charge < -0.3 is 6.15 Å². The molecule has 7 atom stereocenters. The van der Waals surface area contributed by atoms with Crippen molar-refractivity contribution >= 4 is 0 Å². The number of hydrogen-bond acceptors (Lipinski definition) is 1. The molecule has 0 aromatic rings. The molecule has 3 saturated carbocycles. The predicted octanol–water partition coefficient (Wildman–Crippen LogP) is 10.9. The van der Waals surface area contributed by atoms with Crippen LogP contribution in [-0.2, 0) is 0 Å². The van der Waals surface area contributed by atoms with Crippen molar-refractivity contribution in [1.82, 2.24) is 6.15 Å². The number of allylic oxidation sites excluding steroid dienone is 5. The van der Waals surface area contributed by atoms with Crippen molar-refractivity contribution < 1.29 is 0 Å². The lowest BCUT2D eigenvalue weighted by molar-refractivity contribution is 0.401. The molecule has 0 saturated heterocycles. The van der Waals surface area contributed by atoms with E-state index in [1.165, 1.54) is 96.3 Å². The summed E-state index contributed by atoms with van der Waals surface area (Å²) in [6.45, 7) is 16.3. The van der Waals surface area contributed by atoms with Crippen molar-refractivity contribution in [3.8, 4) is 0 Å². The third-order valence-electron chi connectivity index (χ3n) is 10.3. The number of fused-ring (bicyclic) bond motifs is 1. The maximum Gasteiger partial charge on any atom is -0.00564 e. The van der Waals surface area contributed by atoms with Gasteiger partial charge in [0.25, 0.3) is 0 Å². The topological polar surface area (TPSA) is 35.0 Å². The minimum Gasteiger partial charge on any atom is -0.344 e. The van der Waals surface area contributed by atoms with Crippen LogP contribution in [0.2, 0.25) is 0 Å². The maximum atomic E-state index is 4.50. The summed E-state index contributed by atoms with van der Waals surface area (Å²) in [6.07, 6.45) is 28.1. The molecule has 0 radical (unpaired) electrons. The van der Waals surface area contributed by atoms with Crippen molar-refractivity contribution in [2.24, 2.45) is 40.9 Å². The van der Waals surface area contributed by atoms with Crippen molar-refractivity contribution in [3.63, 3.8) is 0 Å². The smallest absolute Gasteiger partial charge is 0.00564 e. The minimum atomic E-state index is 0. The molecule has 1 nitrogen and oxygen atoms in total. The Hall–Kier alpha value is -0.820. The third-order valence-corrected chi connectivity index (χ3v) is 10.3. The lowest BCUT2D eigenvalue weighted by atomic mass is 9.82. The van der Waals surface area contributed by atoms with Gasteiger partial charge in [-0.25, -0.2) is 0 Å². The van der Waals surface area contributed by atoms with Gasteiger partial charge in [-0.3, -0.25) is 0 Å². The molecule has 7 unspecified atom stereocenters. The molecule has 5 rings (SSSR count). The van der Waals surface area contributed by atoms with E-state index in [-0.39, 0.29) is 6.15 Å². The summed E-state index contributed by atoms with van der Waals surface area (Å²) in [6, 6.07) is 0. The van der Waals surface area contributed by atoms with E-state index in [1.807, 2.05) is 0 Å². The highest BCUT2D eigenvalue weighted by molar-refractivity contribution is 5.27. The van der Waals surface area contributed by atoms with E-state index >= 15 is 0 Å². The van der Waals surface area contributed by atoms with Gasteiger partial charge in [0, 0.05) is 0 Å². The molecule has 196 valence electrons. The fourth-order valence-corrected chi connectivity index (χ4v) is 7.27. The van der Waals surface area contributed by atoms with Gasteiger partial charge in [-0.1, -0.05) is 83.4 Å². The molecular weight excluding hydrogens is 410 g/mol. The molecule has 0 aromatic carbocycles. The summed E-state index contributed by atoms with van der Waals surface area (Å²) >= 11 is 0. The first-order valence-corrected chi connectivity index (χ1v) is 14.9. The molecular formula is C33H59N. The Kier molecular flexibility index (Phi) is 12.2. The SMILES string of the molecule is C1=CCCCC1.C=C(CC1CCC(CC)C1)C12CCC(C)C1C2.CCC1=CC(C)C(C)CC1.N. The van der Waals surface area contributed by atoms with Gasteiger partial charge in [-0.15, -0.1) is 0 Å². The molecule has 3 N–H and O–H groups in total. The second kappa shape index (κ2) is 14.1. The summed E-state index contributed by atoms with van der Waals surface area (Å²) in [5.41, 5.74) is 3.96. The molecule has 0 aliphatic heterocycles. The summed E-state index contributed by atoms with van der Waals surface area (Å²) in [5.74, 6) is 5.76. The van der Waals surface area contributed by atoms with Crippen molar-refractivity contribution in [3.05, 3.63) is 36.0 Å². The molecule has 3 fully saturated rings. The Labute approximate surface area is 213 Å². The van der Waals surface area contributed by atoms with Crippen molar-refractivity contribution in [1.29, 1.82) is 0 Å². The zero-order valence-electron chi connectivity index (χ0n) is 23.7. The molecule has 0 spiro atoms.